The molecule has 0 aliphatic carbocycles. The van der Waals surface area contributed by atoms with Crippen LogP contribution in [0.4, 0.5) is 5.82 Å². The molecule has 0 saturated heterocycles. The highest BCUT2D eigenvalue weighted by molar-refractivity contribution is 7.92. The van der Waals surface area contributed by atoms with Gasteiger partial charge in [0.05, 0.1) is 11.4 Å². The third kappa shape index (κ3) is 4.48. The highest BCUT2D eigenvalue weighted by Crippen LogP contribution is 2.16. The van der Waals surface area contributed by atoms with E-state index in [-0.39, 0.29) is 4.90 Å². The summed E-state index contributed by atoms with van der Waals surface area (Å²) in [5.74, 6) is 0.313. The number of hydrogen-bond donors (Lipinski definition) is 1. The number of rotatable bonds is 7. The molecule has 1 heterocycles. The lowest BCUT2D eigenvalue weighted by Crippen LogP contribution is -2.14. The number of hydrogen-bond acceptors (Lipinski definition) is 3. The first-order valence-corrected chi connectivity index (χ1v) is 9.74. The van der Waals surface area contributed by atoms with Gasteiger partial charge in [0.2, 0.25) is 0 Å². The molecule has 3 aromatic rings. The van der Waals surface area contributed by atoms with E-state index >= 15 is 0 Å². The fraction of sp³-hybridized carbons (Fsp3) is 0.211. The Morgan fingerprint density at radius 1 is 0.960 bits per heavy atom. The van der Waals surface area contributed by atoms with Crippen molar-refractivity contribution in [2.75, 3.05) is 4.72 Å². The first kappa shape index (κ1) is 17.2. The van der Waals surface area contributed by atoms with Crippen LogP contribution < -0.4 is 4.72 Å². The van der Waals surface area contributed by atoms with Crippen LogP contribution in [0.3, 0.4) is 0 Å². The Morgan fingerprint density at radius 3 is 2.36 bits per heavy atom. The summed E-state index contributed by atoms with van der Waals surface area (Å²) in [4.78, 5) is 0.241. The zero-order valence-corrected chi connectivity index (χ0v) is 14.9. The zero-order valence-electron chi connectivity index (χ0n) is 14.1. The van der Waals surface area contributed by atoms with E-state index in [4.69, 9.17) is 0 Å². The topological polar surface area (TPSA) is 64.0 Å². The van der Waals surface area contributed by atoms with Gasteiger partial charge in [-0.3, -0.25) is 9.40 Å². The Kier molecular flexibility index (Phi) is 5.19. The molecule has 1 aromatic heterocycles. The Hall–Kier alpha value is -2.60. The maximum Gasteiger partial charge on any atom is 0.263 e. The number of nitrogens with zero attached hydrogens (tertiary/aromatic N) is 2. The van der Waals surface area contributed by atoms with E-state index in [9.17, 15) is 8.42 Å². The molecular formula is C19H21N3O2S. The molecule has 0 unspecified atom stereocenters. The van der Waals surface area contributed by atoms with E-state index in [0.29, 0.717) is 12.4 Å². The van der Waals surface area contributed by atoms with Gasteiger partial charge in [0.25, 0.3) is 10.0 Å². The molecule has 0 aliphatic heterocycles. The van der Waals surface area contributed by atoms with Crippen molar-refractivity contribution in [1.82, 2.24) is 9.78 Å². The summed E-state index contributed by atoms with van der Waals surface area (Å²) in [5, 5.41) is 4.29. The van der Waals surface area contributed by atoms with Gasteiger partial charge in [-0.1, -0.05) is 55.8 Å². The molecule has 130 valence electrons. The largest absolute Gasteiger partial charge is 0.266 e. The lowest BCUT2D eigenvalue weighted by Gasteiger charge is -2.07. The summed E-state index contributed by atoms with van der Waals surface area (Å²) in [6.45, 7) is 2.69. The van der Waals surface area contributed by atoms with Crippen molar-refractivity contribution in [2.24, 2.45) is 0 Å². The Bertz CT molecular complexity index is 917. The van der Waals surface area contributed by atoms with Gasteiger partial charge in [0, 0.05) is 12.3 Å². The van der Waals surface area contributed by atoms with Crippen molar-refractivity contribution < 1.29 is 8.42 Å². The van der Waals surface area contributed by atoms with Crippen molar-refractivity contribution in [1.29, 1.82) is 0 Å². The highest BCUT2D eigenvalue weighted by Gasteiger charge is 2.15. The van der Waals surface area contributed by atoms with Gasteiger partial charge in [-0.05, 0) is 29.7 Å². The minimum Gasteiger partial charge on any atom is -0.266 e. The molecule has 0 atom stereocenters. The molecule has 0 amide bonds. The van der Waals surface area contributed by atoms with Crippen molar-refractivity contribution in [3.63, 3.8) is 0 Å². The van der Waals surface area contributed by atoms with Crippen LogP contribution >= 0.6 is 0 Å². The highest BCUT2D eigenvalue weighted by atomic mass is 32.2. The average molecular weight is 355 g/mol. The van der Waals surface area contributed by atoms with Gasteiger partial charge in [-0.25, -0.2) is 8.42 Å². The van der Waals surface area contributed by atoms with E-state index in [1.807, 2.05) is 42.5 Å². The smallest absolute Gasteiger partial charge is 0.263 e. The second kappa shape index (κ2) is 7.53. The van der Waals surface area contributed by atoms with E-state index in [1.54, 1.807) is 29.1 Å². The lowest BCUT2D eigenvalue weighted by molar-refractivity contribution is 0.600. The van der Waals surface area contributed by atoms with Crippen LogP contribution in [0.15, 0.2) is 71.8 Å². The van der Waals surface area contributed by atoms with Crippen LogP contribution in [-0.4, -0.2) is 18.2 Å². The van der Waals surface area contributed by atoms with Crippen molar-refractivity contribution in [3.05, 3.63) is 78.0 Å². The molecule has 5 nitrogen and oxygen atoms in total. The summed E-state index contributed by atoms with van der Waals surface area (Å²) in [7, 11) is -3.63. The first-order chi connectivity index (χ1) is 12.1. The molecule has 0 saturated carbocycles. The molecule has 0 fully saturated rings. The van der Waals surface area contributed by atoms with Crippen LogP contribution in [0.1, 0.15) is 24.5 Å². The van der Waals surface area contributed by atoms with Gasteiger partial charge < -0.3 is 0 Å². The quantitative estimate of drug-likeness (QED) is 0.703. The Morgan fingerprint density at radius 2 is 1.68 bits per heavy atom. The van der Waals surface area contributed by atoms with Crippen molar-refractivity contribution >= 4 is 15.8 Å². The number of anilines is 1. The fourth-order valence-corrected chi connectivity index (χ4v) is 3.59. The molecule has 0 spiro atoms. The summed E-state index contributed by atoms with van der Waals surface area (Å²) in [5.41, 5.74) is 2.24. The van der Waals surface area contributed by atoms with Gasteiger partial charge in [0.15, 0.2) is 5.82 Å². The van der Waals surface area contributed by atoms with Crippen LogP contribution in [-0.2, 0) is 23.0 Å². The molecule has 25 heavy (non-hydrogen) atoms. The number of benzene rings is 2. The summed E-state index contributed by atoms with van der Waals surface area (Å²) >= 11 is 0. The standard InChI is InChI=1S/C19H21N3O2S/c1-2-6-16-9-11-18(12-10-16)25(23,24)21-19-13-14-22(20-19)15-17-7-4-3-5-8-17/h3-5,7-14H,2,6,15H2,1H3,(H,20,21). The summed E-state index contributed by atoms with van der Waals surface area (Å²) in [6, 6.07) is 18.5. The van der Waals surface area contributed by atoms with E-state index in [1.165, 1.54) is 0 Å². The summed E-state index contributed by atoms with van der Waals surface area (Å²) in [6.07, 6.45) is 3.73. The minimum atomic E-state index is -3.63. The van der Waals surface area contributed by atoms with E-state index in [2.05, 4.69) is 16.7 Å². The van der Waals surface area contributed by atoms with Gasteiger partial charge >= 0.3 is 0 Å². The number of nitrogens with one attached hydrogen (secondary N) is 1. The van der Waals surface area contributed by atoms with Crippen LogP contribution in [0, 0.1) is 0 Å². The summed E-state index contributed by atoms with van der Waals surface area (Å²) < 4.78 is 29.2. The lowest BCUT2D eigenvalue weighted by atomic mass is 10.1. The van der Waals surface area contributed by atoms with Crippen LogP contribution in [0.2, 0.25) is 0 Å². The molecule has 3 rings (SSSR count). The third-order valence-corrected chi connectivity index (χ3v) is 5.21. The molecule has 0 aliphatic rings. The fourth-order valence-electron chi connectivity index (χ4n) is 2.60. The number of sulfonamides is 1. The predicted octanol–water partition coefficient (Wildman–Crippen LogP) is 3.68. The molecule has 0 bridgehead atoms. The Labute approximate surface area is 148 Å². The molecule has 1 N–H and O–H groups in total. The first-order valence-electron chi connectivity index (χ1n) is 8.26. The van der Waals surface area contributed by atoms with E-state index in [0.717, 1.165) is 24.0 Å². The van der Waals surface area contributed by atoms with Crippen LogP contribution in [0.25, 0.3) is 0 Å². The SMILES string of the molecule is CCCc1ccc(S(=O)(=O)Nc2ccn(Cc3ccccc3)n2)cc1. The zero-order chi connectivity index (χ0) is 17.7. The second-order valence-electron chi connectivity index (χ2n) is 5.88. The minimum absolute atomic E-state index is 0.241. The van der Waals surface area contributed by atoms with Gasteiger partial charge in [0.1, 0.15) is 0 Å². The maximum atomic E-state index is 12.5. The molecule has 2 aromatic carbocycles. The number of aromatic nitrogens is 2. The number of aryl methyl sites for hydroxylation is 1. The third-order valence-electron chi connectivity index (χ3n) is 3.84. The van der Waals surface area contributed by atoms with Crippen LogP contribution in [0.5, 0.6) is 0 Å². The molecule has 6 heteroatoms. The second-order valence-corrected chi connectivity index (χ2v) is 7.57. The van der Waals surface area contributed by atoms with Gasteiger partial charge in [-0.2, -0.15) is 5.10 Å². The molecular weight excluding hydrogens is 334 g/mol. The normalized spacial score (nSPS) is 11.4. The van der Waals surface area contributed by atoms with Crippen molar-refractivity contribution in [3.8, 4) is 0 Å². The predicted molar refractivity (Wildman–Crippen MR) is 99.0 cm³/mol. The Balaban J connectivity index is 1.70. The maximum absolute atomic E-state index is 12.5. The van der Waals surface area contributed by atoms with Gasteiger partial charge in [-0.15, -0.1) is 0 Å². The molecule has 0 radical (unpaired) electrons. The van der Waals surface area contributed by atoms with Crippen molar-refractivity contribution in [2.45, 2.75) is 31.2 Å². The average Bonchev–Trinajstić information content (AvgIpc) is 3.03. The van der Waals surface area contributed by atoms with E-state index < -0.39 is 10.0 Å². The monoisotopic (exact) mass is 355 g/mol.